The highest BCUT2D eigenvalue weighted by molar-refractivity contribution is 5.77. The summed E-state index contributed by atoms with van der Waals surface area (Å²) >= 11 is 0. The number of ether oxygens (including phenoxy) is 1. The van der Waals surface area contributed by atoms with Crippen molar-refractivity contribution in [3.8, 4) is 5.75 Å². The first-order chi connectivity index (χ1) is 12.1. The molecule has 0 aliphatic rings. The van der Waals surface area contributed by atoms with Crippen LogP contribution in [0.4, 0.5) is 4.39 Å². The van der Waals surface area contributed by atoms with Gasteiger partial charge in [0.1, 0.15) is 11.6 Å². The van der Waals surface area contributed by atoms with Crippen LogP contribution in [0.2, 0.25) is 0 Å². The molecule has 0 bridgehead atoms. The predicted molar refractivity (Wildman–Crippen MR) is 92.4 cm³/mol. The zero-order valence-electron chi connectivity index (χ0n) is 14.1. The minimum atomic E-state index is -0.353. The fraction of sp³-hybridized carbons (Fsp3) is 0.263. The minimum absolute atomic E-state index is 0.0998. The number of benzene rings is 2. The molecular weight excluding hydrogens is 323 g/mol. The molecule has 0 aromatic heterocycles. The van der Waals surface area contributed by atoms with E-state index in [2.05, 4.69) is 5.32 Å². The second kappa shape index (κ2) is 9.42. The van der Waals surface area contributed by atoms with Gasteiger partial charge in [0.2, 0.25) is 5.91 Å². The van der Waals surface area contributed by atoms with Crippen LogP contribution in [-0.4, -0.2) is 36.4 Å². The Bertz CT molecular complexity index is 707. The van der Waals surface area contributed by atoms with Crippen LogP contribution in [0.3, 0.4) is 0 Å². The number of halogens is 1. The molecule has 2 amide bonds. The summed E-state index contributed by atoms with van der Waals surface area (Å²) in [5.74, 6) is -0.201. The van der Waals surface area contributed by atoms with Crippen molar-refractivity contribution in [3.05, 3.63) is 66.0 Å². The first kappa shape index (κ1) is 18.4. The number of para-hydroxylation sites is 1. The Morgan fingerprint density at radius 1 is 1.08 bits per heavy atom. The van der Waals surface area contributed by atoms with Gasteiger partial charge in [0, 0.05) is 32.1 Å². The van der Waals surface area contributed by atoms with E-state index in [1.807, 2.05) is 18.2 Å². The van der Waals surface area contributed by atoms with E-state index in [1.165, 1.54) is 17.9 Å². The number of carbonyl (C=O) groups excluding carboxylic acids is 2. The summed E-state index contributed by atoms with van der Waals surface area (Å²) in [7, 11) is 0. The fourth-order valence-electron chi connectivity index (χ4n) is 2.23. The highest BCUT2D eigenvalue weighted by atomic mass is 19.1. The maximum atomic E-state index is 13.7. The molecule has 25 heavy (non-hydrogen) atoms. The Kier molecular flexibility index (Phi) is 6.95. The van der Waals surface area contributed by atoms with Gasteiger partial charge in [-0.15, -0.1) is 0 Å². The summed E-state index contributed by atoms with van der Waals surface area (Å²) < 4.78 is 19.0. The van der Waals surface area contributed by atoms with E-state index in [-0.39, 0.29) is 37.3 Å². The van der Waals surface area contributed by atoms with Gasteiger partial charge in [-0.05, 0) is 18.2 Å². The summed E-state index contributed by atoms with van der Waals surface area (Å²) in [6, 6.07) is 15.3. The fourth-order valence-corrected chi connectivity index (χ4v) is 2.23. The predicted octanol–water partition coefficient (Wildman–Crippen LogP) is 2.37. The lowest BCUT2D eigenvalue weighted by Crippen LogP contribution is -2.38. The van der Waals surface area contributed by atoms with Crippen LogP contribution in [-0.2, 0) is 16.1 Å². The lowest BCUT2D eigenvalue weighted by atomic mass is 10.2. The molecule has 0 unspecified atom stereocenters. The van der Waals surface area contributed by atoms with Crippen LogP contribution in [0.1, 0.15) is 12.5 Å². The Morgan fingerprint density at radius 2 is 1.76 bits per heavy atom. The number of hydrogen-bond acceptors (Lipinski definition) is 3. The molecule has 2 aromatic carbocycles. The van der Waals surface area contributed by atoms with Gasteiger partial charge in [-0.25, -0.2) is 4.39 Å². The topological polar surface area (TPSA) is 58.6 Å². The van der Waals surface area contributed by atoms with Gasteiger partial charge in [-0.2, -0.15) is 0 Å². The minimum Gasteiger partial charge on any atom is -0.484 e. The van der Waals surface area contributed by atoms with E-state index < -0.39 is 0 Å². The molecule has 0 heterocycles. The van der Waals surface area contributed by atoms with Gasteiger partial charge >= 0.3 is 0 Å². The van der Waals surface area contributed by atoms with Crippen LogP contribution in [0.25, 0.3) is 0 Å². The third-order valence-electron chi connectivity index (χ3n) is 3.58. The lowest BCUT2D eigenvalue weighted by molar-refractivity contribution is -0.130. The summed E-state index contributed by atoms with van der Waals surface area (Å²) in [6.07, 6.45) is 0. The smallest absolute Gasteiger partial charge is 0.258 e. The Hall–Kier alpha value is -2.89. The van der Waals surface area contributed by atoms with Gasteiger partial charge in [-0.3, -0.25) is 9.59 Å². The summed E-state index contributed by atoms with van der Waals surface area (Å²) in [5, 5.41) is 2.69. The molecule has 6 heteroatoms. The molecule has 2 rings (SSSR count). The second-order valence-corrected chi connectivity index (χ2v) is 5.48. The molecule has 0 saturated heterocycles. The number of carbonyl (C=O) groups is 2. The Morgan fingerprint density at radius 3 is 2.44 bits per heavy atom. The van der Waals surface area contributed by atoms with E-state index in [1.54, 1.807) is 30.3 Å². The first-order valence-electron chi connectivity index (χ1n) is 7.99. The quantitative estimate of drug-likeness (QED) is 0.800. The van der Waals surface area contributed by atoms with Crippen LogP contribution in [0.5, 0.6) is 5.75 Å². The van der Waals surface area contributed by atoms with Crippen molar-refractivity contribution >= 4 is 11.8 Å². The molecule has 0 spiro atoms. The van der Waals surface area contributed by atoms with Crippen molar-refractivity contribution in [1.82, 2.24) is 10.2 Å². The SMILES string of the molecule is CC(=O)N(CCNC(=O)COc1ccccc1)Cc1ccccc1F. The summed E-state index contributed by atoms with van der Waals surface area (Å²) in [4.78, 5) is 25.0. The molecule has 0 fully saturated rings. The third kappa shape index (κ3) is 6.25. The lowest BCUT2D eigenvalue weighted by Gasteiger charge is -2.21. The number of rotatable bonds is 8. The molecular formula is C19H21FN2O3. The third-order valence-corrected chi connectivity index (χ3v) is 3.58. The molecule has 0 radical (unpaired) electrons. The second-order valence-electron chi connectivity index (χ2n) is 5.48. The molecule has 5 nitrogen and oxygen atoms in total. The van der Waals surface area contributed by atoms with Crippen molar-refractivity contribution in [1.29, 1.82) is 0 Å². The standard InChI is InChI=1S/C19H21FN2O3/c1-15(23)22(13-16-7-5-6-10-18(16)20)12-11-21-19(24)14-25-17-8-3-2-4-9-17/h2-10H,11-14H2,1H3,(H,21,24). The first-order valence-corrected chi connectivity index (χ1v) is 7.99. The van der Waals surface area contributed by atoms with Crippen LogP contribution < -0.4 is 10.1 Å². The molecule has 1 N–H and O–H groups in total. The average molecular weight is 344 g/mol. The average Bonchev–Trinajstić information content (AvgIpc) is 2.61. The molecule has 0 atom stereocenters. The maximum Gasteiger partial charge on any atom is 0.258 e. The highest BCUT2D eigenvalue weighted by Gasteiger charge is 2.12. The number of nitrogens with one attached hydrogen (secondary N) is 1. The van der Waals surface area contributed by atoms with Crippen LogP contribution in [0, 0.1) is 5.82 Å². The summed E-state index contributed by atoms with van der Waals surface area (Å²) in [6.45, 7) is 2.04. The molecule has 0 aliphatic heterocycles. The van der Waals surface area contributed by atoms with Crippen molar-refractivity contribution in [2.45, 2.75) is 13.5 Å². The van der Waals surface area contributed by atoms with E-state index in [0.29, 0.717) is 17.9 Å². The van der Waals surface area contributed by atoms with Crippen molar-refractivity contribution in [3.63, 3.8) is 0 Å². The number of hydrogen-bond donors (Lipinski definition) is 1. The van der Waals surface area contributed by atoms with Gasteiger partial charge in [0.15, 0.2) is 6.61 Å². The maximum absolute atomic E-state index is 13.7. The number of amides is 2. The van der Waals surface area contributed by atoms with Crippen molar-refractivity contribution < 1.29 is 18.7 Å². The van der Waals surface area contributed by atoms with Gasteiger partial charge < -0.3 is 15.0 Å². The summed E-state index contributed by atoms with van der Waals surface area (Å²) in [5.41, 5.74) is 0.441. The Balaban J connectivity index is 1.76. The van der Waals surface area contributed by atoms with Gasteiger partial charge in [0.05, 0.1) is 0 Å². The number of nitrogens with zero attached hydrogens (tertiary/aromatic N) is 1. The zero-order valence-corrected chi connectivity index (χ0v) is 14.1. The largest absolute Gasteiger partial charge is 0.484 e. The van der Waals surface area contributed by atoms with E-state index in [9.17, 15) is 14.0 Å². The van der Waals surface area contributed by atoms with Crippen LogP contribution in [0.15, 0.2) is 54.6 Å². The van der Waals surface area contributed by atoms with Gasteiger partial charge in [0.25, 0.3) is 5.91 Å². The molecule has 132 valence electrons. The van der Waals surface area contributed by atoms with Crippen molar-refractivity contribution in [2.24, 2.45) is 0 Å². The monoisotopic (exact) mass is 344 g/mol. The van der Waals surface area contributed by atoms with Crippen LogP contribution >= 0.6 is 0 Å². The normalized spacial score (nSPS) is 10.2. The molecule has 2 aromatic rings. The van der Waals surface area contributed by atoms with Gasteiger partial charge in [-0.1, -0.05) is 36.4 Å². The highest BCUT2D eigenvalue weighted by Crippen LogP contribution is 2.10. The van der Waals surface area contributed by atoms with E-state index >= 15 is 0 Å². The molecule has 0 aliphatic carbocycles. The zero-order chi connectivity index (χ0) is 18.1. The van der Waals surface area contributed by atoms with E-state index in [0.717, 1.165) is 0 Å². The molecule has 0 saturated carbocycles. The van der Waals surface area contributed by atoms with E-state index in [4.69, 9.17) is 4.74 Å². The Labute approximate surface area is 146 Å². The van der Waals surface area contributed by atoms with Crippen molar-refractivity contribution in [2.75, 3.05) is 19.7 Å².